The van der Waals surface area contributed by atoms with Crippen LogP contribution in [-0.2, 0) is 11.3 Å². The number of nitrogens with zero attached hydrogens (tertiary/aromatic N) is 1. The monoisotopic (exact) mass is 246 g/mol. The zero-order valence-corrected chi connectivity index (χ0v) is 10.2. The van der Waals surface area contributed by atoms with E-state index < -0.39 is 5.97 Å². The van der Waals surface area contributed by atoms with Crippen LogP contribution >= 0.6 is 0 Å². The van der Waals surface area contributed by atoms with E-state index in [-0.39, 0.29) is 18.1 Å². The molecule has 2 rings (SSSR count). The standard InChI is InChI=1S/C13H14N2O3/c1-8-9-5-3-4-6-10(9)15(7-11(16)14-2)12(8)13(17)18/h3-6H,7H2,1-2H3,(H,14,16)(H,17,18). The molecule has 0 saturated heterocycles. The number of amides is 1. The van der Waals surface area contributed by atoms with Gasteiger partial charge in [-0.1, -0.05) is 18.2 Å². The first-order valence-electron chi connectivity index (χ1n) is 5.58. The van der Waals surface area contributed by atoms with Crippen LogP contribution in [0.5, 0.6) is 0 Å². The zero-order valence-electron chi connectivity index (χ0n) is 10.2. The van der Waals surface area contributed by atoms with Crippen LogP contribution in [0.25, 0.3) is 10.9 Å². The Kier molecular flexibility index (Phi) is 3.06. The molecule has 5 nitrogen and oxygen atoms in total. The summed E-state index contributed by atoms with van der Waals surface area (Å²) in [5.41, 5.74) is 1.61. The zero-order chi connectivity index (χ0) is 13.3. The fraction of sp³-hybridized carbons (Fsp3) is 0.231. The Bertz CT molecular complexity index is 628. The summed E-state index contributed by atoms with van der Waals surface area (Å²) in [5, 5.41) is 12.6. The molecule has 0 aliphatic heterocycles. The van der Waals surface area contributed by atoms with Crippen LogP contribution in [-0.4, -0.2) is 28.6 Å². The first kappa shape index (κ1) is 12.2. The number of hydrogen-bond acceptors (Lipinski definition) is 2. The molecule has 0 spiro atoms. The van der Waals surface area contributed by atoms with Crippen molar-refractivity contribution in [3.8, 4) is 0 Å². The Balaban J connectivity index is 2.71. The highest BCUT2D eigenvalue weighted by Crippen LogP contribution is 2.25. The largest absolute Gasteiger partial charge is 0.477 e. The first-order chi connectivity index (χ1) is 8.56. The fourth-order valence-electron chi connectivity index (χ4n) is 2.14. The number of carboxylic acid groups (broad SMARTS) is 1. The lowest BCUT2D eigenvalue weighted by Gasteiger charge is -2.07. The van der Waals surface area contributed by atoms with Gasteiger partial charge in [-0.2, -0.15) is 0 Å². The highest BCUT2D eigenvalue weighted by molar-refractivity contribution is 5.98. The number of carboxylic acids is 1. The summed E-state index contributed by atoms with van der Waals surface area (Å²) < 4.78 is 1.53. The van der Waals surface area contributed by atoms with Crippen molar-refractivity contribution in [1.29, 1.82) is 0 Å². The molecule has 0 bridgehead atoms. The molecule has 0 radical (unpaired) electrons. The SMILES string of the molecule is CNC(=O)Cn1c(C(=O)O)c(C)c2ccccc21. The molecule has 1 heterocycles. The molecule has 2 N–H and O–H groups in total. The molecule has 18 heavy (non-hydrogen) atoms. The van der Waals surface area contributed by atoms with Crippen molar-refractivity contribution in [2.24, 2.45) is 0 Å². The number of rotatable bonds is 3. The minimum atomic E-state index is -1.02. The molecule has 0 atom stereocenters. The number of aryl methyl sites for hydroxylation is 1. The lowest BCUT2D eigenvalue weighted by atomic mass is 10.1. The highest BCUT2D eigenvalue weighted by Gasteiger charge is 2.20. The predicted molar refractivity (Wildman–Crippen MR) is 67.7 cm³/mol. The van der Waals surface area contributed by atoms with Gasteiger partial charge in [-0.05, 0) is 18.6 Å². The van der Waals surface area contributed by atoms with Crippen molar-refractivity contribution in [3.63, 3.8) is 0 Å². The van der Waals surface area contributed by atoms with Gasteiger partial charge in [0.1, 0.15) is 12.2 Å². The predicted octanol–water partition coefficient (Wildman–Crippen LogP) is 1.39. The van der Waals surface area contributed by atoms with Crippen molar-refractivity contribution in [1.82, 2.24) is 9.88 Å². The fourth-order valence-corrected chi connectivity index (χ4v) is 2.14. The molecular weight excluding hydrogens is 232 g/mol. The normalized spacial score (nSPS) is 10.6. The molecule has 0 saturated carbocycles. The molecule has 5 heteroatoms. The summed E-state index contributed by atoms with van der Waals surface area (Å²) in [6.07, 6.45) is 0. The van der Waals surface area contributed by atoms with E-state index in [2.05, 4.69) is 5.32 Å². The molecule has 0 fully saturated rings. The second-order valence-corrected chi connectivity index (χ2v) is 4.06. The van der Waals surface area contributed by atoms with E-state index in [1.165, 1.54) is 11.6 Å². The number of benzene rings is 1. The number of hydrogen-bond donors (Lipinski definition) is 2. The molecular formula is C13H14N2O3. The molecule has 1 amide bonds. The van der Waals surface area contributed by atoms with Crippen LogP contribution in [0.15, 0.2) is 24.3 Å². The van der Waals surface area contributed by atoms with Crippen molar-refractivity contribution in [2.45, 2.75) is 13.5 Å². The third-order valence-electron chi connectivity index (χ3n) is 3.01. The van der Waals surface area contributed by atoms with Crippen molar-refractivity contribution >= 4 is 22.8 Å². The number of nitrogens with one attached hydrogen (secondary N) is 1. The minimum absolute atomic E-state index is 0.00644. The molecule has 94 valence electrons. The van der Waals surface area contributed by atoms with E-state index >= 15 is 0 Å². The average molecular weight is 246 g/mol. The summed E-state index contributed by atoms with van der Waals surface area (Å²) in [4.78, 5) is 22.8. The number of likely N-dealkylation sites (N-methyl/N-ethyl adjacent to an activating group) is 1. The van der Waals surface area contributed by atoms with Gasteiger partial charge in [-0.15, -0.1) is 0 Å². The summed E-state index contributed by atoms with van der Waals surface area (Å²) >= 11 is 0. The lowest BCUT2D eigenvalue weighted by Crippen LogP contribution is -2.25. The molecule has 0 unspecified atom stereocenters. The van der Waals surface area contributed by atoms with Gasteiger partial charge in [0.25, 0.3) is 0 Å². The molecule has 1 aromatic carbocycles. The van der Waals surface area contributed by atoms with E-state index in [1.807, 2.05) is 24.3 Å². The van der Waals surface area contributed by atoms with Crippen LogP contribution in [0.2, 0.25) is 0 Å². The average Bonchev–Trinajstić information content (AvgIpc) is 2.63. The van der Waals surface area contributed by atoms with Crippen LogP contribution in [0.3, 0.4) is 0 Å². The van der Waals surface area contributed by atoms with Crippen LogP contribution in [0, 0.1) is 6.92 Å². The summed E-state index contributed by atoms with van der Waals surface area (Å²) in [7, 11) is 1.53. The van der Waals surface area contributed by atoms with Gasteiger partial charge in [0.2, 0.25) is 5.91 Å². The van der Waals surface area contributed by atoms with Gasteiger partial charge >= 0.3 is 5.97 Å². The number of carbonyl (C=O) groups is 2. The molecule has 2 aromatic rings. The molecule has 0 aliphatic carbocycles. The summed E-state index contributed by atoms with van der Waals surface area (Å²) in [5.74, 6) is -1.24. The van der Waals surface area contributed by atoms with Gasteiger partial charge in [0.15, 0.2) is 0 Å². The quantitative estimate of drug-likeness (QED) is 0.859. The van der Waals surface area contributed by atoms with E-state index in [0.29, 0.717) is 5.56 Å². The molecule has 1 aromatic heterocycles. The van der Waals surface area contributed by atoms with Gasteiger partial charge in [0.05, 0.1) is 0 Å². The third-order valence-corrected chi connectivity index (χ3v) is 3.01. The summed E-state index contributed by atoms with van der Waals surface area (Å²) in [6.45, 7) is 1.76. The topological polar surface area (TPSA) is 71.3 Å². The second kappa shape index (κ2) is 4.52. The maximum Gasteiger partial charge on any atom is 0.352 e. The van der Waals surface area contributed by atoms with Gasteiger partial charge in [-0.3, -0.25) is 4.79 Å². The maximum absolute atomic E-state index is 11.5. The van der Waals surface area contributed by atoms with Crippen LogP contribution in [0.4, 0.5) is 0 Å². The van der Waals surface area contributed by atoms with Crippen molar-refractivity contribution in [2.75, 3.05) is 7.05 Å². The van der Waals surface area contributed by atoms with Gasteiger partial charge in [0, 0.05) is 18.0 Å². The molecule has 0 aliphatic rings. The maximum atomic E-state index is 11.5. The highest BCUT2D eigenvalue weighted by atomic mass is 16.4. The Labute approximate surface area is 104 Å². The Morgan fingerprint density at radius 1 is 1.33 bits per heavy atom. The number of para-hydroxylation sites is 1. The summed E-state index contributed by atoms with van der Waals surface area (Å²) in [6, 6.07) is 7.36. The number of carbonyl (C=O) groups excluding carboxylic acids is 1. The Morgan fingerprint density at radius 3 is 2.61 bits per heavy atom. The number of fused-ring (bicyclic) bond motifs is 1. The Hall–Kier alpha value is -2.30. The number of aromatic nitrogens is 1. The smallest absolute Gasteiger partial charge is 0.352 e. The van der Waals surface area contributed by atoms with Gasteiger partial charge in [-0.25, -0.2) is 4.79 Å². The third kappa shape index (κ3) is 1.84. The lowest BCUT2D eigenvalue weighted by molar-refractivity contribution is -0.121. The Morgan fingerprint density at radius 2 is 2.00 bits per heavy atom. The van der Waals surface area contributed by atoms with E-state index in [1.54, 1.807) is 6.92 Å². The van der Waals surface area contributed by atoms with Crippen LogP contribution < -0.4 is 5.32 Å². The minimum Gasteiger partial charge on any atom is -0.477 e. The van der Waals surface area contributed by atoms with E-state index in [4.69, 9.17) is 0 Å². The van der Waals surface area contributed by atoms with E-state index in [9.17, 15) is 14.7 Å². The van der Waals surface area contributed by atoms with Crippen molar-refractivity contribution in [3.05, 3.63) is 35.5 Å². The first-order valence-corrected chi connectivity index (χ1v) is 5.58. The van der Waals surface area contributed by atoms with Gasteiger partial charge < -0.3 is 15.0 Å². The van der Waals surface area contributed by atoms with E-state index in [0.717, 1.165) is 10.9 Å². The van der Waals surface area contributed by atoms with Crippen LogP contribution in [0.1, 0.15) is 16.1 Å². The van der Waals surface area contributed by atoms with Crippen molar-refractivity contribution < 1.29 is 14.7 Å². The second-order valence-electron chi connectivity index (χ2n) is 4.06. The number of aromatic carboxylic acids is 1.